The molecule has 4 nitrogen and oxygen atoms in total. The molecule has 1 aliphatic carbocycles. The van der Waals surface area contributed by atoms with Crippen molar-refractivity contribution in [2.45, 2.75) is 92.4 Å². The minimum absolute atomic E-state index is 0. The predicted octanol–water partition coefficient (Wildman–Crippen LogP) is 10.9. The number of pyridine rings is 1. The van der Waals surface area contributed by atoms with Gasteiger partial charge in [-0.2, -0.15) is 18.2 Å². The number of aliphatic hydroxyl groups excluding tert-OH is 1. The molecule has 0 spiro atoms. The smallest absolute Gasteiger partial charge is 0.217 e. The topological polar surface area (TPSA) is 59.4 Å². The molecule has 0 unspecified atom stereocenters. The van der Waals surface area contributed by atoms with Crippen LogP contribution in [0.5, 0.6) is 11.6 Å². The van der Waals surface area contributed by atoms with Gasteiger partial charge in [-0.3, -0.25) is 4.79 Å². The largest absolute Gasteiger partial charge is 0.512 e. The molecular formula is C38H46IrNO3-. The van der Waals surface area contributed by atoms with Crippen LogP contribution >= 0.6 is 0 Å². The molecule has 43 heavy (non-hydrogen) atoms. The summed E-state index contributed by atoms with van der Waals surface area (Å²) in [4.78, 5) is 16.3. The number of carbonyl (C=O) groups is 1. The first-order valence-corrected chi connectivity index (χ1v) is 15.5. The van der Waals surface area contributed by atoms with E-state index in [2.05, 4.69) is 41.4 Å². The summed E-state index contributed by atoms with van der Waals surface area (Å²) in [6.07, 6.45) is 11.6. The van der Waals surface area contributed by atoms with Crippen LogP contribution in [0.4, 0.5) is 0 Å². The van der Waals surface area contributed by atoms with Gasteiger partial charge < -0.3 is 9.84 Å². The number of rotatable bonds is 8. The number of ether oxygens (including phenoxy) is 1. The van der Waals surface area contributed by atoms with Crippen molar-refractivity contribution in [3.8, 4) is 11.6 Å². The van der Waals surface area contributed by atoms with E-state index in [0.29, 0.717) is 17.5 Å². The maximum absolute atomic E-state index is 11.8. The fourth-order valence-electron chi connectivity index (χ4n) is 5.17. The van der Waals surface area contributed by atoms with Crippen LogP contribution in [0.2, 0.25) is 0 Å². The minimum Gasteiger partial charge on any atom is -0.512 e. The van der Waals surface area contributed by atoms with E-state index in [4.69, 9.17) is 4.74 Å². The van der Waals surface area contributed by atoms with Gasteiger partial charge in [0.25, 0.3) is 0 Å². The second-order valence-electron chi connectivity index (χ2n) is 12.8. The summed E-state index contributed by atoms with van der Waals surface area (Å²) >= 11 is 0. The molecule has 3 aromatic carbocycles. The van der Waals surface area contributed by atoms with Crippen molar-refractivity contribution < 1.29 is 34.7 Å². The summed E-state index contributed by atoms with van der Waals surface area (Å²) in [6.45, 7) is 11.7. The summed E-state index contributed by atoms with van der Waals surface area (Å²) in [7, 11) is 0. The predicted molar refractivity (Wildman–Crippen MR) is 174 cm³/mol. The molecule has 1 aliphatic rings. The van der Waals surface area contributed by atoms with E-state index in [1.807, 2.05) is 78.1 Å². The summed E-state index contributed by atoms with van der Waals surface area (Å²) < 4.78 is 5.88. The molecule has 0 atom stereocenters. The number of hydrogen-bond acceptors (Lipinski definition) is 4. The number of aromatic nitrogens is 1. The van der Waals surface area contributed by atoms with E-state index in [-0.39, 0.29) is 42.5 Å². The zero-order valence-electron chi connectivity index (χ0n) is 26.5. The molecule has 5 heteroatoms. The van der Waals surface area contributed by atoms with Crippen LogP contribution in [0.1, 0.15) is 98.0 Å². The molecule has 1 saturated carbocycles. The van der Waals surface area contributed by atoms with Gasteiger partial charge in [0, 0.05) is 60.4 Å². The molecule has 1 heterocycles. The SMILES string of the molecule is CCC(C)(C)C(=O)/C=C(\O)C(C)(C)CC.[Ir].[c-]1ccccc1Oc1cc2cc3c(C4CCCCC4)cccc3cc2cn1. The zero-order chi connectivity index (χ0) is 30.3. The third-order valence-electron chi connectivity index (χ3n) is 9.06. The van der Waals surface area contributed by atoms with E-state index in [9.17, 15) is 9.90 Å². The van der Waals surface area contributed by atoms with Crippen LogP contribution in [0.15, 0.2) is 78.7 Å². The third kappa shape index (κ3) is 8.77. The molecule has 1 radical (unpaired) electrons. The fraction of sp³-hybridized carbons (Fsp3) is 0.421. The number of carbonyl (C=O) groups excluding carboxylic acids is 1. The second kappa shape index (κ2) is 15.1. The summed E-state index contributed by atoms with van der Waals surface area (Å²) in [6, 6.07) is 24.0. The number of fused-ring (bicyclic) bond motifs is 2. The number of hydrogen-bond donors (Lipinski definition) is 1. The molecular weight excluding hydrogens is 711 g/mol. The summed E-state index contributed by atoms with van der Waals surface area (Å²) in [5, 5.41) is 14.8. The van der Waals surface area contributed by atoms with Gasteiger partial charge in [0.15, 0.2) is 5.78 Å². The van der Waals surface area contributed by atoms with Gasteiger partial charge in [-0.05, 0) is 65.5 Å². The van der Waals surface area contributed by atoms with Crippen LogP contribution in [0, 0.1) is 16.9 Å². The number of allylic oxidation sites excluding steroid dienone is 2. The van der Waals surface area contributed by atoms with Crippen LogP contribution in [0.3, 0.4) is 0 Å². The van der Waals surface area contributed by atoms with Crippen molar-refractivity contribution in [1.82, 2.24) is 4.98 Å². The molecule has 0 bridgehead atoms. The summed E-state index contributed by atoms with van der Waals surface area (Å²) in [5.74, 6) is 2.18. The number of para-hydroxylation sites is 1. The summed E-state index contributed by atoms with van der Waals surface area (Å²) in [5.41, 5.74) is 0.821. The first-order valence-electron chi connectivity index (χ1n) is 15.5. The van der Waals surface area contributed by atoms with E-state index in [0.717, 1.165) is 18.2 Å². The zero-order valence-corrected chi connectivity index (χ0v) is 28.9. The van der Waals surface area contributed by atoms with Gasteiger partial charge in [-0.15, -0.1) is 12.1 Å². The van der Waals surface area contributed by atoms with Gasteiger partial charge in [0.05, 0.1) is 0 Å². The van der Waals surface area contributed by atoms with Crippen molar-refractivity contribution >= 4 is 27.3 Å². The third-order valence-corrected chi connectivity index (χ3v) is 9.06. The van der Waals surface area contributed by atoms with E-state index >= 15 is 0 Å². The normalized spacial score (nSPS) is 14.5. The molecule has 0 amide bonds. The fourth-order valence-corrected chi connectivity index (χ4v) is 5.17. The van der Waals surface area contributed by atoms with Gasteiger partial charge >= 0.3 is 0 Å². The maximum atomic E-state index is 11.8. The van der Waals surface area contributed by atoms with Gasteiger partial charge in [-0.1, -0.05) is 79.0 Å². The standard InChI is InChI=1S/C25H22NO.C13H24O2.Ir/c1-3-8-18(9-4-1)23-13-7-10-19-14-21-17-26-25(16-20(21)15-24(19)23)27-22-11-5-2-6-12-22;1-7-12(3,4)10(14)9-11(15)13(5,6)8-2;/h2,5-7,10-11,13-18H,1,3-4,8-9H2;9,14H,7-8H2,1-6H3;/q-1;;/b;10-9-;. The Hall–Kier alpha value is -3.01. The number of benzene rings is 3. The molecule has 231 valence electrons. The van der Waals surface area contributed by atoms with Crippen molar-refractivity contribution in [2.24, 2.45) is 10.8 Å². The maximum Gasteiger partial charge on any atom is 0.217 e. The molecule has 1 aromatic heterocycles. The van der Waals surface area contributed by atoms with Gasteiger partial charge in [-0.25, -0.2) is 4.98 Å². The Morgan fingerprint density at radius 1 is 0.930 bits per heavy atom. The molecule has 4 aromatic rings. The molecule has 5 rings (SSSR count). The molecule has 1 fully saturated rings. The first-order chi connectivity index (χ1) is 20.0. The monoisotopic (exact) mass is 757 g/mol. The number of nitrogens with zero attached hydrogens (tertiary/aromatic N) is 1. The average Bonchev–Trinajstić information content (AvgIpc) is 3.01. The Morgan fingerprint density at radius 2 is 1.65 bits per heavy atom. The van der Waals surface area contributed by atoms with Crippen LogP contribution in [0.25, 0.3) is 21.5 Å². The van der Waals surface area contributed by atoms with E-state index in [1.165, 1.54) is 59.9 Å². The second-order valence-corrected chi connectivity index (χ2v) is 12.8. The van der Waals surface area contributed by atoms with Crippen LogP contribution in [-0.4, -0.2) is 15.9 Å². The Balaban J connectivity index is 0.000000274. The minimum atomic E-state index is -0.377. The number of ketones is 1. The van der Waals surface area contributed by atoms with E-state index in [1.54, 1.807) is 0 Å². The van der Waals surface area contributed by atoms with Gasteiger partial charge in [0.1, 0.15) is 5.76 Å². The van der Waals surface area contributed by atoms with Crippen LogP contribution < -0.4 is 4.74 Å². The Morgan fingerprint density at radius 3 is 2.30 bits per heavy atom. The molecule has 0 aliphatic heterocycles. The molecule has 0 saturated heterocycles. The average molecular weight is 757 g/mol. The quantitative estimate of drug-likeness (QED) is 0.0842. The Labute approximate surface area is 271 Å². The first kappa shape index (κ1) is 34.5. The van der Waals surface area contributed by atoms with Crippen molar-refractivity contribution in [1.29, 1.82) is 0 Å². The van der Waals surface area contributed by atoms with Crippen molar-refractivity contribution in [3.63, 3.8) is 0 Å². The van der Waals surface area contributed by atoms with Crippen molar-refractivity contribution in [3.05, 3.63) is 90.3 Å². The Bertz CT molecular complexity index is 1540. The molecule has 1 N–H and O–H groups in total. The van der Waals surface area contributed by atoms with Crippen LogP contribution in [-0.2, 0) is 24.9 Å². The van der Waals surface area contributed by atoms with E-state index < -0.39 is 0 Å². The van der Waals surface area contributed by atoms with Gasteiger partial charge in [0.2, 0.25) is 5.88 Å². The Kier molecular flexibility index (Phi) is 12.1. The number of aliphatic hydroxyl groups is 1. The van der Waals surface area contributed by atoms with Crippen molar-refractivity contribution in [2.75, 3.05) is 0 Å².